The van der Waals surface area contributed by atoms with Crippen LogP contribution in [0.4, 0.5) is 5.13 Å². The summed E-state index contributed by atoms with van der Waals surface area (Å²) in [5.74, 6) is -1.80. The average molecular weight is 303 g/mol. The first kappa shape index (κ1) is 13.7. The van der Waals surface area contributed by atoms with E-state index in [1.165, 1.54) is 16.2 Å². The van der Waals surface area contributed by atoms with Crippen LogP contribution in [0.1, 0.15) is 17.0 Å². The van der Waals surface area contributed by atoms with Crippen molar-refractivity contribution in [2.75, 3.05) is 11.4 Å². The third kappa shape index (κ3) is 2.92. The SMILES string of the molecule is O=C(O)[C@H]1CC(=O)N(c2nnc(Cc3ccccc3)s2)C1. The van der Waals surface area contributed by atoms with Gasteiger partial charge in [-0.2, -0.15) is 0 Å². The minimum atomic E-state index is -0.945. The Morgan fingerprint density at radius 3 is 2.76 bits per heavy atom. The van der Waals surface area contributed by atoms with Crippen LogP contribution in [0.15, 0.2) is 30.3 Å². The fourth-order valence-electron chi connectivity index (χ4n) is 2.25. The number of hydrogen-bond donors (Lipinski definition) is 1. The zero-order chi connectivity index (χ0) is 14.8. The number of carbonyl (C=O) groups excluding carboxylic acids is 1. The van der Waals surface area contributed by atoms with E-state index in [9.17, 15) is 9.59 Å². The van der Waals surface area contributed by atoms with Crippen molar-refractivity contribution in [3.8, 4) is 0 Å². The van der Waals surface area contributed by atoms with Gasteiger partial charge in [0, 0.05) is 19.4 Å². The fraction of sp³-hybridized carbons (Fsp3) is 0.286. The fourth-order valence-corrected chi connectivity index (χ4v) is 3.15. The van der Waals surface area contributed by atoms with Gasteiger partial charge in [-0.3, -0.25) is 14.5 Å². The minimum Gasteiger partial charge on any atom is -0.481 e. The number of carboxylic acids is 1. The minimum absolute atomic E-state index is 0.0307. The Bertz CT molecular complexity index is 671. The Labute approximate surface area is 125 Å². The molecule has 1 atom stereocenters. The molecule has 1 N–H and O–H groups in total. The number of nitrogens with zero attached hydrogens (tertiary/aromatic N) is 3. The Kier molecular flexibility index (Phi) is 3.66. The molecule has 0 saturated carbocycles. The van der Waals surface area contributed by atoms with Crippen molar-refractivity contribution in [1.29, 1.82) is 0 Å². The highest BCUT2D eigenvalue weighted by Crippen LogP contribution is 2.28. The lowest BCUT2D eigenvalue weighted by Crippen LogP contribution is -2.25. The van der Waals surface area contributed by atoms with Gasteiger partial charge in [-0.15, -0.1) is 10.2 Å². The van der Waals surface area contributed by atoms with Crippen molar-refractivity contribution in [1.82, 2.24) is 10.2 Å². The van der Waals surface area contributed by atoms with Crippen molar-refractivity contribution in [3.63, 3.8) is 0 Å². The van der Waals surface area contributed by atoms with Crippen molar-refractivity contribution in [3.05, 3.63) is 40.9 Å². The number of carbonyl (C=O) groups is 2. The summed E-state index contributed by atoms with van der Waals surface area (Å²) >= 11 is 1.33. The summed E-state index contributed by atoms with van der Waals surface area (Å²) in [7, 11) is 0. The van der Waals surface area contributed by atoms with E-state index in [0.29, 0.717) is 11.6 Å². The van der Waals surface area contributed by atoms with Gasteiger partial charge in [0.25, 0.3) is 0 Å². The van der Waals surface area contributed by atoms with E-state index in [1.807, 2.05) is 30.3 Å². The molecule has 0 unspecified atom stereocenters. The predicted molar refractivity (Wildman–Crippen MR) is 77.3 cm³/mol. The molecule has 0 radical (unpaired) electrons. The first-order valence-corrected chi connectivity index (χ1v) is 7.34. The zero-order valence-corrected chi connectivity index (χ0v) is 11.9. The number of aromatic nitrogens is 2. The highest BCUT2D eigenvalue weighted by atomic mass is 32.1. The Morgan fingerprint density at radius 2 is 2.10 bits per heavy atom. The number of hydrogen-bond acceptors (Lipinski definition) is 5. The van der Waals surface area contributed by atoms with Crippen LogP contribution in [0.2, 0.25) is 0 Å². The Morgan fingerprint density at radius 1 is 1.33 bits per heavy atom. The normalized spacial score (nSPS) is 18.2. The molecular formula is C14H13N3O3S. The molecule has 6 nitrogen and oxygen atoms in total. The van der Waals surface area contributed by atoms with Crippen LogP contribution in [0.3, 0.4) is 0 Å². The largest absolute Gasteiger partial charge is 0.481 e. The molecule has 1 amide bonds. The van der Waals surface area contributed by atoms with Gasteiger partial charge in [0.15, 0.2) is 0 Å². The van der Waals surface area contributed by atoms with E-state index < -0.39 is 11.9 Å². The van der Waals surface area contributed by atoms with Crippen molar-refractivity contribution in [2.24, 2.45) is 5.92 Å². The van der Waals surface area contributed by atoms with E-state index in [-0.39, 0.29) is 18.9 Å². The Balaban J connectivity index is 1.73. The molecule has 7 heteroatoms. The molecule has 108 valence electrons. The molecule has 1 aromatic heterocycles. The number of carboxylic acid groups (broad SMARTS) is 1. The first-order chi connectivity index (χ1) is 10.1. The first-order valence-electron chi connectivity index (χ1n) is 6.53. The Hall–Kier alpha value is -2.28. The lowest BCUT2D eigenvalue weighted by atomic mass is 10.1. The standard InChI is InChI=1S/C14H13N3O3S/c18-12-7-10(13(19)20)8-17(12)14-16-15-11(21-14)6-9-4-2-1-3-5-9/h1-5,10H,6-8H2,(H,19,20)/t10-/m0/s1. The maximum absolute atomic E-state index is 11.9. The molecule has 1 saturated heterocycles. The average Bonchev–Trinajstić information content (AvgIpc) is 3.06. The van der Waals surface area contributed by atoms with E-state index in [0.717, 1.165) is 10.6 Å². The van der Waals surface area contributed by atoms with Crippen LogP contribution in [0, 0.1) is 5.92 Å². The van der Waals surface area contributed by atoms with Crippen LogP contribution < -0.4 is 4.90 Å². The van der Waals surface area contributed by atoms with E-state index in [4.69, 9.17) is 5.11 Å². The molecule has 0 spiro atoms. The van der Waals surface area contributed by atoms with E-state index >= 15 is 0 Å². The highest BCUT2D eigenvalue weighted by molar-refractivity contribution is 7.15. The maximum atomic E-state index is 11.9. The summed E-state index contributed by atoms with van der Waals surface area (Å²) in [4.78, 5) is 24.2. The quantitative estimate of drug-likeness (QED) is 0.927. The molecule has 21 heavy (non-hydrogen) atoms. The van der Waals surface area contributed by atoms with Crippen LogP contribution in [0.5, 0.6) is 0 Å². The molecule has 0 bridgehead atoms. The number of benzene rings is 1. The number of anilines is 1. The van der Waals surface area contributed by atoms with Gasteiger partial charge in [-0.1, -0.05) is 41.7 Å². The number of aliphatic carboxylic acids is 1. The molecule has 1 aromatic carbocycles. The third-order valence-electron chi connectivity index (χ3n) is 3.36. The molecule has 1 aliphatic heterocycles. The van der Waals surface area contributed by atoms with Gasteiger partial charge in [0.05, 0.1) is 5.92 Å². The topological polar surface area (TPSA) is 83.4 Å². The lowest BCUT2D eigenvalue weighted by molar-refractivity contribution is -0.141. The van der Waals surface area contributed by atoms with Gasteiger partial charge in [0.1, 0.15) is 5.01 Å². The molecule has 2 aromatic rings. The van der Waals surface area contributed by atoms with Crippen molar-refractivity contribution in [2.45, 2.75) is 12.8 Å². The summed E-state index contributed by atoms with van der Waals surface area (Å²) in [5.41, 5.74) is 1.12. The summed E-state index contributed by atoms with van der Waals surface area (Å²) in [5, 5.41) is 18.4. The molecular weight excluding hydrogens is 290 g/mol. The van der Waals surface area contributed by atoms with Crippen molar-refractivity contribution >= 4 is 28.3 Å². The summed E-state index contributed by atoms with van der Waals surface area (Å²) in [6.07, 6.45) is 0.686. The van der Waals surface area contributed by atoms with Crippen LogP contribution in [-0.4, -0.2) is 33.7 Å². The van der Waals surface area contributed by atoms with Gasteiger partial charge in [0.2, 0.25) is 11.0 Å². The van der Waals surface area contributed by atoms with Crippen LogP contribution in [0.25, 0.3) is 0 Å². The second kappa shape index (κ2) is 5.61. The zero-order valence-electron chi connectivity index (χ0n) is 11.1. The second-order valence-electron chi connectivity index (χ2n) is 4.88. The molecule has 0 aliphatic carbocycles. The predicted octanol–water partition coefficient (Wildman–Crippen LogP) is 1.57. The summed E-state index contributed by atoms with van der Waals surface area (Å²) in [6, 6.07) is 9.87. The number of rotatable bonds is 4. The van der Waals surface area contributed by atoms with Gasteiger partial charge in [-0.25, -0.2) is 0 Å². The summed E-state index contributed by atoms with van der Waals surface area (Å²) < 4.78 is 0. The smallest absolute Gasteiger partial charge is 0.308 e. The van der Waals surface area contributed by atoms with E-state index in [2.05, 4.69) is 10.2 Å². The van der Waals surface area contributed by atoms with Crippen LogP contribution in [-0.2, 0) is 16.0 Å². The molecule has 2 heterocycles. The third-order valence-corrected chi connectivity index (χ3v) is 4.31. The monoisotopic (exact) mass is 303 g/mol. The lowest BCUT2D eigenvalue weighted by Gasteiger charge is -2.10. The molecule has 1 fully saturated rings. The van der Waals surface area contributed by atoms with Gasteiger partial charge >= 0.3 is 5.97 Å². The van der Waals surface area contributed by atoms with E-state index in [1.54, 1.807) is 0 Å². The highest BCUT2D eigenvalue weighted by Gasteiger charge is 2.36. The van der Waals surface area contributed by atoms with Crippen LogP contribution >= 0.6 is 11.3 Å². The summed E-state index contributed by atoms with van der Waals surface area (Å²) in [6.45, 7) is 0.175. The van der Waals surface area contributed by atoms with Gasteiger partial charge < -0.3 is 5.11 Å². The molecule has 1 aliphatic rings. The van der Waals surface area contributed by atoms with Gasteiger partial charge in [-0.05, 0) is 5.56 Å². The second-order valence-corrected chi connectivity index (χ2v) is 5.92. The maximum Gasteiger partial charge on any atom is 0.308 e. The van der Waals surface area contributed by atoms with Crippen molar-refractivity contribution < 1.29 is 14.7 Å². The number of amides is 1. The molecule has 3 rings (SSSR count).